The Balaban J connectivity index is 0.000000193. The van der Waals surface area contributed by atoms with Gasteiger partial charge in [0.2, 0.25) is 11.8 Å². The molecule has 0 atom stereocenters. The van der Waals surface area contributed by atoms with E-state index in [1.165, 1.54) is 28.4 Å². The summed E-state index contributed by atoms with van der Waals surface area (Å²) in [7, 11) is 5.47. The fourth-order valence-electron chi connectivity index (χ4n) is 10.9. The molecule has 23 heteroatoms. The van der Waals surface area contributed by atoms with Crippen molar-refractivity contribution >= 4 is 89.4 Å². The first-order valence-electron chi connectivity index (χ1n) is 31.8. The molecule has 3 amide bonds. The van der Waals surface area contributed by atoms with E-state index in [1.54, 1.807) is 72.2 Å². The van der Waals surface area contributed by atoms with E-state index in [9.17, 15) is 38.7 Å². The fraction of sp³-hybridized carbons (Fsp3) is 0.493. The molecule has 0 aromatic heterocycles. The number of amides is 3. The number of hydrogen-bond donors (Lipinski definition) is 4. The van der Waals surface area contributed by atoms with E-state index in [1.807, 2.05) is 82.5 Å². The Hall–Kier alpha value is -6.89. The molecule has 3 aliphatic heterocycles. The molecule has 0 saturated heterocycles. The monoisotopic (exact) mass is 1520 g/mol. The third-order valence-electron chi connectivity index (χ3n) is 18.1. The van der Waals surface area contributed by atoms with Gasteiger partial charge in [-0.1, -0.05) is 119 Å². The number of halogens is 3. The lowest BCUT2D eigenvalue weighted by Crippen LogP contribution is -2.55. The highest BCUT2D eigenvalue weighted by molar-refractivity contribution is 9.11. The Morgan fingerprint density at radius 3 is 1.28 bits per heavy atom. The Bertz CT molecular complexity index is 3500. The SMILES string of the molecule is CC1(C(=O)N2Cc3ccc(C(=O)NO)cc3OCC2(C)C)CCC1.COC(=O)c1ccc(CBr)c(Br)c1.COC(=O)c1ccc(CCC(C)(C)CO)c(Br)c1.COC(=O)c1ccc2c(c1)OCC(C)(C)N(C(=O)C1(C)CCC1)C2.COC(=O)c1ccc2c(c1)OCC(C)(C)NC2. The van der Waals surface area contributed by atoms with E-state index in [0.29, 0.717) is 72.2 Å². The lowest BCUT2D eigenvalue weighted by Gasteiger charge is -2.45. The van der Waals surface area contributed by atoms with E-state index in [0.717, 1.165) is 106 Å². The zero-order valence-electron chi connectivity index (χ0n) is 57.6. The van der Waals surface area contributed by atoms with Crippen LogP contribution in [0.4, 0.5) is 0 Å². The number of esters is 4. The predicted octanol–water partition coefficient (Wildman–Crippen LogP) is 13.7. The highest BCUT2D eigenvalue weighted by Crippen LogP contribution is 2.46. The molecule has 5 aromatic carbocycles. The van der Waals surface area contributed by atoms with Crippen molar-refractivity contribution in [2.45, 2.75) is 162 Å². The van der Waals surface area contributed by atoms with E-state index in [-0.39, 0.29) is 64.1 Å². The van der Waals surface area contributed by atoms with Crippen LogP contribution in [-0.2, 0) is 59.9 Å². The fourth-order valence-corrected chi connectivity index (χ4v) is 12.8. The van der Waals surface area contributed by atoms with Crippen LogP contribution in [0.1, 0.15) is 194 Å². The average Bonchev–Trinajstić information content (AvgIpc) is 1.36. The van der Waals surface area contributed by atoms with Crippen molar-refractivity contribution in [2.75, 3.05) is 54.9 Å². The molecule has 5 aromatic rings. The number of nitrogens with one attached hydrogen (secondary N) is 2. The number of aryl methyl sites for hydroxylation is 1. The van der Waals surface area contributed by atoms with Crippen molar-refractivity contribution in [3.05, 3.63) is 156 Å². The number of nitrogens with zero attached hydrogens (tertiary/aromatic N) is 2. The van der Waals surface area contributed by atoms with Crippen LogP contribution in [0.2, 0.25) is 0 Å². The summed E-state index contributed by atoms with van der Waals surface area (Å²) in [6.07, 6.45) is 7.73. The maximum absolute atomic E-state index is 13.1. The Labute approximate surface area is 589 Å². The second-order valence-corrected chi connectivity index (χ2v) is 30.1. The molecule has 3 heterocycles. The van der Waals surface area contributed by atoms with Crippen LogP contribution in [0.15, 0.2) is 99.9 Å². The van der Waals surface area contributed by atoms with Gasteiger partial charge in [0, 0.05) is 79.1 Å². The molecule has 2 saturated carbocycles. The van der Waals surface area contributed by atoms with Crippen LogP contribution in [0.5, 0.6) is 17.2 Å². The number of rotatable bonds is 12. The van der Waals surface area contributed by atoms with Gasteiger partial charge in [-0.05, 0) is 157 Å². The molecule has 5 aliphatic rings. The number of alkyl halides is 1. The minimum atomic E-state index is -0.584. The van der Waals surface area contributed by atoms with E-state index in [4.69, 9.17) is 24.2 Å². The largest absolute Gasteiger partial charge is 0.491 e. The number of carbonyl (C=O) groups excluding carboxylic acids is 7. The standard InChI is InChI=1S/C19H25NO4.C18H24N2O4.C14H19BrO3.C13H17NO3.C9H8Br2O2/c1-18(2)12-24-15-10-13(16(21)23-4)6-7-14(15)11-20(18)17(22)19(3)8-5-9-19;1-17(2)11-24-14-9-12(15(21)19-23)5-6-13(14)10-20(17)16(22)18(3)7-4-8-18;1-14(2,9-16)7-6-10-4-5-11(8-12(10)15)13(17)18-3;1-13(2)8-17-11-6-9(12(15)16-3)4-5-10(11)7-14-13;1-13-9(12)6-2-3-7(5-10)8(11)4-6/h6-7,10H,5,8-9,11-12H2,1-4H3;5-6,9,23H,4,7-8,10-11H2,1-3H3,(H,19,21);4-5,8,16H,6-7,9H2,1-3H3;4-6,14H,7-8H2,1-3H3;2-4H,5H2,1H3. The normalized spacial score (nSPS) is 17.0. The zero-order valence-corrected chi connectivity index (χ0v) is 62.4. The molecule has 0 radical (unpaired) electrons. The molecule has 96 heavy (non-hydrogen) atoms. The number of hydroxylamine groups is 1. The molecular weight excluding hydrogens is 1430 g/mol. The van der Waals surface area contributed by atoms with Crippen molar-refractivity contribution in [1.82, 2.24) is 20.6 Å². The van der Waals surface area contributed by atoms with Gasteiger partial charge in [-0.25, -0.2) is 24.7 Å². The molecule has 0 spiro atoms. The maximum atomic E-state index is 13.1. The van der Waals surface area contributed by atoms with Gasteiger partial charge in [0.05, 0.1) is 61.8 Å². The predicted molar refractivity (Wildman–Crippen MR) is 375 cm³/mol. The number of aliphatic hydroxyl groups is 1. The number of fused-ring (bicyclic) bond motifs is 3. The Morgan fingerprint density at radius 2 is 0.906 bits per heavy atom. The van der Waals surface area contributed by atoms with E-state index >= 15 is 0 Å². The van der Waals surface area contributed by atoms with Crippen LogP contribution >= 0.6 is 47.8 Å². The summed E-state index contributed by atoms with van der Waals surface area (Å²) in [6.45, 7) is 23.6. The lowest BCUT2D eigenvalue weighted by molar-refractivity contribution is -0.154. The topological polar surface area (TPSA) is 255 Å². The number of carbonyl (C=O) groups is 7. The van der Waals surface area contributed by atoms with Crippen molar-refractivity contribution in [3.63, 3.8) is 0 Å². The molecule has 2 aliphatic carbocycles. The van der Waals surface area contributed by atoms with Crippen molar-refractivity contribution < 1.29 is 77.0 Å². The minimum Gasteiger partial charge on any atom is -0.491 e. The molecule has 10 rings (SSSR count). The summed E-state index contributed by atoms with van der Waals surface area (Å²) >= 11 is 10.2. The van der Waals surface area contributed by atoms with Gasteiger partial charge in [0.25, 0.3) is 5.91 Å². The summed E-state index contributed by atoms with van der Waals surface area (Å²) in [6, 6.07) is 26.5. The van der Waals surface area contributed by atoms with Crippen LogP contribution in [-0.4, -0.2) is 133 Å². The van der Waals surface area contributed by atoms with Crippen molar-refractivity contribution in [3.8, 4) is 17.2 Å². The summed E-state index contributed by atoms with van der Waals surface area (Å²) in [5, 5.41) is 22.2. The second-order valence-electron chi connectivity index (χ2n) is 27.8. The molecule has 0 unspecified atom stereocenters. The highest BCUT2D eigenvalue weighted by Gasteiger charge is 2.48. The van der Waals surface area contributed by atoms with E-state index < -0.39 is 17.0 Å². The van der Waals surface area contributed by atoms with Gasteiger partial charge in [0.15, 0.2) is 0 Å². The highest BCUT2D eigenvalue weighted by atomic mass is 79.9. The maximum Gasteiger partial charge on any atom is 0.337 e. The van der Waals surface area contributed by atoms with Crippen LogP contribution in [0, 0.1) is 16.2 Å². The molecule has 4 N–H and O–H groups in total. The van der Waals surface area contributed by atoms with Gasteiger partial charge in [-0.15, -0.1) is 0 Å². The molecular formula is C73H93Br3N4O16. The van der Waals surface area contributed by atoms with Gasteiger partial charge in [-0.3, -0.25) is 19.6 Å². The Morgan fingerprint density at radius 1 is 0.542 bits per heavy atom. The Kier molecular flexibility index (Phi) is 27.3. The molecule has 0 bridgehead atoms. The number of ether oxygens (including phenoxy) is 7. The summed E-state index contributed by atoms with van der Waals surface area (Å²) < 4.78 is 38.1. The summed E-state index contributed by atoms with van der Waals surface area (Å²) in [5.41, 5.74) is 7.60. The number of hydrogen-bond acceptors (Lipinski definition) is 17. The van der Waals surface area contributed by atoms with Crippen LogP contribution < -0.4 is 25.0 Å². The number of benzene rings is 5. The first-order valence-corrected chi connectivity index (χ1v) is 34.5. The van der Waals surface area contributed by atoms with Crippen LogP contribution in [0.25, 0.3) is 0 Å². The minimum absolute atomic E-state index is 0.0650. The molecule has 522 valence electrons. The summed E-state index contributed by atoms with van der Waals surface area (Å²) in [5.74, 6) is 0.399. The van der Waals surface area contributed by atoms with Gasteiger partial charge in [-0.2, -0.15) is 0 Å². The molecule has 20 nitrogen and oxygen atoms in total. The first-order chi connectivity index (χ1) is 45.1. The first kappa shape index (κ1) is 78.1. The van der Waals surface area contributed by atoms with Gasteiger partial charge < -0.3 is 53.4 Å². The smallest absolute Gasteiger partial charge is 0.337 e. The summed E-state index contributed by atoms with van der Waals surface area (Å²) in [4.78, 5) is 87.2. The molecule has 2 fully saturated rings. The average molecular weight is 1520 g/mol. The number of methoxy groups -OCH3 is 4. The van der Waals surface area contributed by atoms with Gasteiger partial charge >= 0.3 is 23.9 Å². The lowest BCUT2D eigenvalue weighted by atomic mass is 9.69. The third kappa shape index (κ3) is 20.1. The van der Waals surface area contributed by atoms with Crippen molar-refractivity contribution in [1.29, 1.82) is 0 Å². The van der Waals surface area contributed by atoms with Crippen LogP contribution in [0.3, 0.4) is 0 Å². The van der Waals surface area contributed by atoms with Crippen molar-refractivity contribution in [2.24, 2.45) is 16.2 Å². The zero-order chi connectivity index (χ0) is 71.1. The van der Waals surface area contributed by atoms with Gasteiger partial charge in [0.1, 0.15) is 37.1 Å². The quantitative estimate of drug-likeness (QED) is 0.0298. The second kappa shape index (κ2) is 33.6. The number of aliphatic hydroxyl groups excluding tert-OH is 1. The third-order valence-corrected chi connectivity index (χ3v) is 20.1. The van der Waals surface area contributed by atoms with E-state index in [2.05, 4.69) is 88.1 Å².